The van der Waals surface area contributed by atoms with Gasteiger partial charge in [0.25, 0.3) is 0 Å². The van der Waals surface area contributed by atoms with Crippen LogP contribution in [-0.4, -0.2) is 18.0 Å². The summed E-state index contributed by atoms with van der Waals surface area (Å²) in [6, 6.07) is 83.2. The van der Waals surface area contributed by atoms with Crippen molar-refractivity contribution < 1.29 is 0 Å². The molecule has 11 rings (SSSR count). The molecule has 0 amide bonds. The number of hydrogen-bond donors (Lipinski definition) is 0. The second kappa shape index (κ2) is 16.0. The Labute approximate surface area is 370 Å². The molecule has 1 aromatic heterocycles. The Balaban J connectivity index is 1.01. The highest BCUT2D eigenvalue weighted by atomic mass is 28.3. The number of hydrogen-bond acceptors (Lipinski definition) is 2. The van der Waals surface area contributed by atoms with E-state index in [9.17, 15) is 0 Å². The molecular formula is C60H44N2Si. The monoisotopic (exact) mass is 820 g/mol. The van der Waals surface area contributed by atoms with Crippen LogP contribution in [0, 0.1) is 0 Å². The van der Waals surface area contributed by atoms with Crippen molar-refractivity contribution in [3.8, 4) is 101 Å². The summed E-state index contributed by atoms with van der Waals surface area (Å²) in [5.74, 6) is 0.762. The quantitative estimate of drug-likeness (QED) is 0.143. The van der Waals surface area contributed by atoms with Gasteiger partial charge in [-0.2, -0.15) is 0 Å². The summed E-state index contributed by atoms with van der Waals surface area (Å²) >= 11 is 0. The maximum Gasteiger partial charge on any atom is 0.159 e. The predicted molar refractivity (Wildman–Crippen MR) is 268 cm³/mol. The van der Waals surface area contributed by atoms with Gasteiger partial charge in [-0.25, -0.2) is 9.97 Å². The predicted octanol–water partition coefficient (Wildman–Crippen LogP) is 14.6. The van der Waals surface area contributed by atoms with Gasteiger partial charge in [-0.1, -0.05) is 201 Å². The van der Waals surface area contributed by atoms with Crippen molar-refractivity contribution >= 4 is 18.6 Å². The van der Waals surface area contributed by atoms with E-state index in [2.05, 4.69) is 244 Å². The molecule has 0 saturated carbocycles. The van der Waals surface area contributed by atoms with Crippen LogP contribution in [0.25, 0.3) is 101 Å². The van der Waals surface area contributed by atoms with Crippen molar-refractivity contribution in [1.29, 1.82) is 0 Å². The minimum atomic E-state index is -2.14. The minimum absolute atomic E-state index is 0.762. The van der Waals surface area contributed by atoms with E-state index in [4.69, 9.17) is 9.97 Å². The molecule has 10 aromatic rings. The topological polar surface area (TPSA) is 25.8 Å². The van der Waals surface area contributed by atoms with Gasteiger partial charge in [-0.15, -0.1) is 0 Å². The van der Waals surface area contributed by atoms with E-state index in [1.165, 1.54) is 71.7 Å². The molecule has 0 bridgehead atoms. The first-order valence-corrected chi connectivity index (χ1v) is 24.7. The van der Waals surface area contributed by atoms with Gasteiger partial charge in [0.1, 0.15) is 8.07 Å². The molecule has 1 aliphatic heterocycles. The fourth-order valence-electron chi connectivity index (χ4n) is 9.34. The molecule has 9 aromatic carbocycles. The maximum atomic E-state index is 5.51. The lowest BCUT2D eigenvalue weighted by molar-refractivity contribution is 1.21. The zero-order valence-electron chi connectivity index (χ0n) is 35.3. The van der Waals surface area contributed by atoms with E-state index in [1.807, 2.05) is 0 Å². The van der Waals surface area contributed by atoms with Gasteiger partial charge in [0.15, 0.2) is 5.82 Å². The van der Waals surface area contributed by atoms with Gasteiger partial charge in [0.05, 0.1) is 5.69 Å². The number of nitrogens with zero attached hydrogens (tertiary/aromatic N) is 2. The van der Waals surface area contributed by atoms with Crippen molar-refractivity contribution in [2.45, 2.75) is 13.1 Å². The fraction of sp³-hybridized carbons (Fsp3) is 0.0333. The summed E-state index contributed by atoms with van der Waals surface area (Å²) in [5, 5.41) is 2.62. The van der Waals surface area contributed by atoms with E-state index >= 15 is 0 Å². The molecule has 0 N–H and O–H groups in total. The first kappa shape index (κ1) is 38.2. The standard InChI is InChI=1S/C60H44N2Si/c1-63(2)56-33-13-12-32-55(56)57-58(50-30-16-25-45(36-50)42-20-8-4-9-21-42)61-59(62-60(57)63)51-31-17-27-47(37-51)46-26-15-29-49(35-46)54-39-52(43-22-10-5-11-23-43)38-53(40-54)48-28-14-24-44(34-48)41-18-6-3-7-19-41/h3-40H,1-2H3. The Kier molecular flexibility index (Phi) is 9.68. The summed E-state index contributed by atoms with van der Waals surface area (Å²) in [5.41, 5.74) is 19.7. The Morgan fingerprint density at radius 1 is 0.286 bits per heavy atom. The average molecular weight is 821 g/mol. The summed E-state index contributed by atoms with van der Waals surface area (Å²) in [7, 11) is -2.14. The molecular weight excluding hydrogens is 777 g/mol. The van der Waals surface area contributed by atoms with Gasteiger partial charge < -0.3 is 0 Å². The Hall–Kier alpha value is -7.72. The number of fused-ring (bicyclic) bond motifs is 3. The molecule has 0 saturated heterocycles. The first-order valence-electron chi connectivity index (χ1n) is 21.7. The van der Waals surface area contributed by atoms with Crippen molar-refractivity contribution in [3.05, 3.63) is 231 Å². The highest BCUT2D eigenvalue weighted by molar-refractivity contribution is 7.03. The average Bonchev–Trinajstić information content (AvgIpc) is 3.60. The largest absolute Gasteiger partial charge is 0.237 e. The van der Waals surface area contributed by atoms with E-state index in [-0.39, 0.29) is 0 Å². The highest BCUT2D eigenvalue weighted by Crippen LogP contribution is 2.39. The SMILES string of the molecule is C[Si]1(C)c2ccccc2-c2c(-c3cccc(-c4ccccc4)c3)nc(-c3cccc(-c4cccc(-c5cc(-c6ccccc6)cc(-c6cccc(-c7ccccc7)c6)c5)c4)c3)nc21. The van der Waals surface area contributed by atoms with Crippen molar-refractivity contribution in [2.75, 3.05) is 0 Å². The minimum Gasteiger partial charge on any atom is -0.237 e. The zero-order valence-corrected chi connectivity index (χ0v) is 36.3. The van der Waals surface area contributed by atoms with Crippen LogP contribution >= 0.6 is 0 Å². The number of aromatic nitrogens is 2. The number of rotatable bonds is 8. The van der Waals surface area contributed by atoms with Crippen molar-refractivity contribution in [1.82, 2.24) is 9.97 Å². The third-order valence-electron chi connectivity index (χ3n) is 12.6. The summed E-state index contributed by atoms with van der Waals surface area (Å²) in [4.78, 5) is 11.0. The van der Waals surface area contributed by atoms with Crippen LogP contribution in [0.3, 0.4) is 0 Å². The zero-order chi connectivity index (χ0) is 42.3. The maximum absolute atomic E-state index is 5.51. The van der Waals surface area contributed by atoms with Crippen LogP contribution in [0.15, 0.2) is 231 Å². The molecule has 2 heterocycles. The van der Waals surface area contributed by atoms with Crippen LogP contribution in [0.2, 0.25) is 13.1 Å². The van der Waals surface area contributed by atoms with Crippen molar-refractivity contribution in [2.24, 2.45) is 0 Å². The first-order chi connectivity index (χ1) is 31.0. The normalized spacial score (nSPS) is 12.4. The summed E-state index contributed by atoms with van der Waals surface area (Å²) in [6.45, 7) is 4.86. The smallest absolute Gasteiger partial charge is 0.159 e. The van der Waals surface area contributed by atoms with Gasteiger partial charge >= 0.3 is 0 Å². The van der Waals surface area contributed by atoms with Gasteiger partial charge in [-0.3, -0.25) is 0 Å². The summed E-state index contributed by atoms with van der Waals surface area (Å²) in [6.07, 6.45) is 0. The second-order valence-electron chi connectivity index (χ2n) is 17.0. The van der Waals surface area contributed by atoms with Gasteiger partial charge in [0, 0.05) is 22.0 Å². The Morgan fingerprint density at radius 3 is 1.14 bits per heavy atom. The lowest BCUT2D eigenvalue weighted by Crippen LogP contribution is -2.50. The Bertz CT molecular complexity index is 3300. The summed E-state index contributed by atoms with van der Waals surface area (Å²) < 4.78 is 0. The van der Waals surface area contributed by atoms with Crippen LogP contribution in [0.1, 0.15) is 0 Å². The van der Waals surface area contributed by atoms with Gasteiger partial charge in [-0.05, 0) is 120 Å². The lowest BCUT2D eigenvalue weighted by atomic mass is 9.91. The molecule has 0 atom stereocenters. The van der Waals surface area contributed by atoms with Crippen LogP contribution < -0.4 is 10.5 Å². The van der Waals surface area contributed by atoms with E-state index in [1.54, 1.807) is 0 Å². The lowest BCUT2D eigenvalue weighted by Gasteiger charge is -2.19. The molecule has 0 radical (unpaired) electrons. The van der Waals surface area contributed by atoms with Crippen LogP contribution in [0.5, 0.6) is 0 Å². The molecule has 0 spiro atoms. The molecule has 63 heavy (non-hydrogen) atoms. The molecule has 298 valence electrons. The number of benzene rings is 9. The molecule has 0 aliphatic carbocycles. The molecule has 2 nitrogen and oxygen atoms in total. The molecule has 0 fully saturated rings. The van der Waals surface area contributed by atoms with E-state index in [0.717, 1.165) is 39.3 Å². The Morgan fingerprint density at radius 2 is 0.619 bits per heavy atom. The van der Waals surface area contributed by atoms with E-state index < -0.39 is 8.07 Å². The molecule has 1 aliphatic rings. The molecule has 3 heteroatoms. The van der Waals surface area contributed by atoms with Gasteiger partial charge in [0.2, 0.25) is 0 Å². The second-order valence-corrected chi connectivity index (χ2v) is 21.3. The third kappa shape index (κ3) is 7.23. The van der Waals surface area contributed by atoms with Crippen LogP contribution in [-0.2, 0) is 0 Å². The fourth-order valence-corrected chi connectivity index (χ4v) is 12.3. The van der Waals surface area contributed by atoms with Crippen LogP contribution in [0.4, 0.5) is 0 Å². The highest BCUT2D eigenvalue weighted by Gasteiger charge is 2.41. The van der Waals surface area contributed by atoms with E-state index in [0.29, 0.717) is 0 Å². The van der Waals surface area contributed by atoms with Crippen molar-refractivity contribution in [3.63, 3.8) is 0 Å². The molecule has 0 unspecified atom stereocenters. The third-order valence-corrected chi connectivity index (χ3v) is 15.9.